The van der Waals surface area contributed by atoms with Crippen molar-refractivity contribution in [2.24, 2.45) is 0 Å². The summed E-state index contributed by atoms with van der Waals surface area (Å²) in [6.45, 7) is 5.00. The largest absolute Gasteiger partial charge is 0.462 e. The quantitative estimate of drug-likeness (QED) is 0.755. The van der Waals surface area contributed by atoms with Gasteiger partial charge in [0.1, 0.15) is 0 Å². The summed E-state index contributed by atoms with van der Waals surface area (Å²) in [5, 5.41) is 0.838. The molecule has 6 heteroatoms. The maximum Gasteiger partial charge on any atom is 0.338 e. The first-order valence-electron chi connectivity index (χ1n) is 7.09. The van der Waals surface area contributed by atoms with Crippen LogP contribution < -0.4 is 5.56 Å². The molecule has 1 aromatic rings. The third-order valence-electron chi connectivity index (χ3n) is 4.00. The summed E-state index contributed by atoms with van der Waals surface area (Å²) < 4.78 is 12.4. The topological polar surface area (TPSA) is 57.5 Å². The van der Waals surface area contributed by atoms with Crippen molar-refractivity contribution in [1.29, 1.82) is 0 Å². The summed E-state index contributed by atoms with van der Waals surface area (Å²) in [5.74, 6) is 0.425. The Kier molecular flexibility index (Phi) is 5.11. The maximum atomic E-state index is 12.0. The summed E-state index contributed by atoms with van der Waals surface area (Å²) in [6, 6.07) is 3.09. The highest BCUT2D eigenvalue weighted by molar-refractivity contribution is 7.99. The first kappa shape index (κ1) is 16.1. The maximum absolute atomic E-state index is 12.0. The van der Waals surface area contributed by atoms with E-state index in [2.05, 4.69) is 0 Å². The molecule has 0 spiro atoms. The standard InChI is InChI=1S/C15H21NO4S/c1-4-15(2,19-3)5-7-20-14(18)11-9-12(17)16-6-8-21-13(16)10-11/h9-10H,4-8H2,1-3H3. The van der Waals surface area contributed by atoms with Crippen LogP contribution in [0, 0.1) is 0 Å². The highest BCUT2D eigenvalue weighted by atomic mass is 32.2. The molecule has 2 heterocycles. The highest BCUT2D eigenvalue weighted by Crippen LogP contribution is 2.24. The molecule has 2 rings (SSSR count). The molecule has 0 aliphatic carbocycles. The van der Waals surface area contributed by atoms with Crippen molar-refractivity contribution in [2.45, 2.75) is 43.9 Å². The molecule has 0 amide bonds. The van der Waals surface area contributed by atoms with Crippen LogP contribution in [-0.4, -0.2) is 35.6 Å². The molecule has 5 nitrogen and oxygen atoms in total. The minimum atomic E-state index is -0.447. The fourth-order valence-electron chi connectivity index (χ4n) is 2.14. The predicted molar refractivity (Wildman–Crippen MR) is 82.0 cm³/mol. The monoisotopic (exact) mass is 311 g/mol. The third-order valence-corrected chi connectivity index (χ3v) is 5.02. The van der Waals surface area contributed by atoms with Crippen LogP contribution in [0.25, 0.3) is 0 Å². The van der Waals surface area contributed by atoms with Crippen molar-refractivity contribution in [3.05, 3.63) is 28.0 Å². The number of pyridine rings is 1. The molecular formula is C15H21NO4S. The van der Waals surface area contributed by atoms with Crippen LogP contribution in [0.5, 0.6) is 0 Å². The minimum absolute atomic E-state index is 0.139. The van der Waals surface area contributed by atoms with Crippen LogP contribution in [0.1, 0.15) is 37.0 Å². The van der Waals surface area contributed by atoms with E-state index in [0.29, 0.717) is 18.5 Å². The van der Waals surface area contributed by atoms with E-state index in [4.69, 9.17) is 9.47 Å². The van der Waals surface area contributed by atoms with E-state index < -0.39 is 5.97 Å². The van der Waals surface area contributed by atoms with Crippen molar-refractivity contribution >= 4 is 17.7 Å². The van der Waals surface area contributed by atoms with E-state index >= 15 is 0 Å². The fourth-order valence-corrected chi connectivity index (χ4v) is 3.17. The number of carbonyl (C=O) groups is 1. The molecule has 1 aliphatic heterocycles. The second kappa shape index (κ2) is 6.66. The zero-order chi connectivity index (χ0) is 15.5. The Balaban J connectivity index is 1.99. The third kappa shape index (κ3) is 3.68. The molecule has 1 atom stereocenters. The number of thioether (sulfide) groups is 1. The van der Waals surface area contributed by atoms with E-state index in [1.54, 1.807) is 29.5 Å². The van der Waals surface area contributed by atoms with Crippen LogP contribution in [0.2, 0.25) is 0 Å². The molecule has 0 saturated heterocycles. The van der Waals surface area contributed by atoms with E-state index in [1.165, 1.54) is 6.07 Å². The van der Waals surface area contributed by atoms with Crippen LogP contribution in [0.4, 0.5) is 0 Å². The molecule has 0 saturated carbocycles. The van der Waals surface area contributed by atoms with Gasteiger partial charge in [-0.1, -0.05) is 6.92 Å². The molecule has 0 radical (unpaired) electrons. The SMILES string of the molecule is CCC(C)(CCOC(=O)c1cc2n(c(=O)c1)CCS2)OC. The molecular weight excluding hydrogens is 290 g/mol. The van der Waals surface area contributed by atoms with E-state index in [9.17, 15) is 9.59 Å². The lowest BCUT2D eigenvalue weighted by Gasteiger charge is -2.26. The van der Waals surface area contributed by atoms with Gasteiger partial charge in [0.2, 0.25) is 0 Å². The fraction of sp³-hybridized carbons (Fsp3) is 0.600. The zero-order valence-electron chi connectivity index (χ0n) is 12.7. The molecule has 0 bridgehead atoms. The van der Waals surface area contributed by atoms with Crippen LogP contribution in [-0.2, 0) is 16.0 Å². The molecule has 1 unspecified atom stereocenters. The van der Waals surface area contributed by atoms with Crippen LogP contribution in [0.15, 0.2) is 22.0 Å². The summed E-state index contributed by atoms with van der Waals surface area (Å²) in [5.41, 5.74) is -0.0934. The minimum Gasteiger partial charge on any atom is -0.462 e. The van der Waals surface area contributed by atoms with E-state index in [-0.39, 0.29) is 17.8 Å². The number of ether oxygens (including phenoxy) is 2. The summed E-state index contributed by atoms with van der Waals surface area (Å²) in [6.07, 6.45) is 1.47. The van der Waals surface area contributed by atoms with Gasteiger partial charge in [0.05, 0.1) is 22.8 Å². The van der Waals surface area contributed by atoms with Gasteiger partial charge >= 0.3 is 5.97 Å². The molecule has 0 fully saturated rings. The van der Waals surface area contributed by atoms with Crippen molar-refractivity contribution in [1.82, 2.24) is 4.57 Å². The number of rotatable bonds is 6. The number of hydrogen-bond donors (Lipinski definition) is 0. The van der Waals surface area contributed by atoms with Gasteiger partial charge in [0.25, 0.3) is 5.56 Å². The normalized spacial score (nSPS) is 16.3. The van der Waals surface area contributed by atoms with Gasteiger partial charge in [0.15, 0.2) is 0 Å². The summed E-state index contributed by atoms with van der Waals surface area (Å²) in [4.78, 5) is 23.9. The van der Waals surface area contributed by atoms with Crippen LogP contribution in [0.3, 0.4) is 0 Å². The first-order chi connectivity index (χ1) is 9.99. The Morgan fingerprint density at radius 2 is 2.24 bits per heavy atom. The van der Waals surface area contributed by atoms with E-state index in [0.717, 1.165) is 17.2 Å². The van der Waals surface area contributed by atoms with Crippen molar-refractivity contribution in [3.8, 4) is 0 Å². The first-order valence-corrected chi connectivity index (χ1v) is 8.07. The zero-order valence-corrected chi connectivity index (χ0v) is 13.5. The molecule has 21 heavy (non-hydrogen) atoms. The van der Waals surface area contributed by atoms with Gasteiger partial charge < -0.3 is 14.0 Å². The van der Waals surface area contributed by atoms with Crippen molar-refractivity contribution in [3.63, 3.8) is 0 Å². The second-order valence-corrected chi connectivity index (χ2v) is 6.43. The van der Waals surface area contributed by atoms with Crippen molar-refractivity contribution < 1.29 is 14.3 Å². The number of esters is 1. The van der Waals surface area contributed by atoms with Gasteiger partial charge in [-0.25, -0.2) is 4.79 Å². The van der Waals surface area contributed by atoms with Gasteiger partial charge in [-0.3, -0.25) is 4.79 Å². The average Bonchev–Trinajstić information content (AvgIpc) is 2.96. The van der Waals surface area contributed by atoms with Gasteiger partial charge in [-0.15, -0.1) is 11.8 Å². The summed E-state index contributed by atoms with van der Waals surface area (Å²) >= 11 is 1.58. The lowest BCUT2D eigenvalue weighted by atomic mass is 10.00. The van der Waals surface area contributed by atoms with Crippen molar-refractivity contribution in [2.75, 3.05) is 19.5 Å². The van der Waals surface area contributed by atoms with Gasteiger partial charge in [-0.2, -0.15) is 0 Å². The average molecular weight is 311 g/mol. The Bertz CT molecular complexity index is 578. The Labute approximate surface area is 128 Å². The molecule has 1 aliphatic rings. The Hall–Kier alpha value is -1.27. The smallest absolute Gasteiger partial charge is 0.338 e. The molecule has 0 N–H and O–H groups in total. The number of nitrogens with zero attached hydrogens (tertiary/aromatic N) is 1. The molecule has 116 valence electrons. The lowest BCUT2D eigenvalue weighted by molar-refractivity contribution is -0.0214. The predicted octanol–water partition coefficient (Wildman–Crippen LogP) is 2.32. The van der Waals surface area contributed by atoms with E-state index in [1.807, 2.05) is 13.8 Å². The van der Waals surface area contributed by atoms with Crippen LogP contribution >= 0.6 is 11.8 Å². The number of methoxy groups -OCH3 is 1. The second-order valence-electron chi connectivity index (χ2n) is 5.31. The lowest BCUT2D eigenvalue weighted by Crippen LogP contribution is -2.28. The number of fused-ring (bicyclic) bond motifs is 1. The Morgan fingerprint density at radius 3 is 2.90 bits per heavy atom. The summed E-state index contributed by atoms with van der Waals surface area (Å²) in [7, 11) is 1.66. The molecule has 1 aromatic heterocycles. The Morgan fingerprint density at radius 1 is 1.48 bits per heavy atom. The number of carbonyl (C=O) groups excluding carboxylic acids is 1. The van der Waals surface area contributed by atoms with Gasteiger partial charge in [-0.05, 0) is 19.4 Å². The highest BCUT2D eigenvalue weighted by Gasteiger charge is 2.22. The number of aromatic nitrogens is 1. The molecule has 0 aromatic carbocycles. The van der Waals surface area contributed by atoms with Gasteiger partial charge in [0, 0.05) is 31.9 Å². The number of hydrogen-bond acceptors (Lipinski definition) is 5.